The van der Waals surface area contributed by atoms with E-state index >= 15 is 0 Å². The van der Waals surface area contributed by atoms with Crippen LogP contribution in [-0.4, -0.2) is 61.0 Å². The van der Waals surface area contributed by atoms with E-state index in [1.54, 1.807) is 12.3 Å². The highest BCUT2D eigenvalue weighted by Gasteiger charge is 2.28. The Morgan fingerprint density at radius 3 is 2.83 bits per heavy atom. The number of fused-ring (bicyclic) bond motifs is 1. The van der Waals surface area contributed by atoms with E-state index in [1.807, 2.05) is 61.6 Å². The van der Waals surface area contributed by atoms with Crippen LogP contribution >= 0.6 is 0 Å². The number of amides is 1. The fourth-order valence-electron chi connectivity index (χ4n) is 3.03. The van der Waals surface area contributed by atoms with Crippen molar-refractivity contribution in [2.75, 3.05) is 39.2 Å². The largest absolute Gasteiger partial charge is 0.490 e. The molecule has 0 unspecified atom stereocenters. The highest BCUT2D eigenvalue weighted by Crippen LogP contribution is 2.33. The molecule has 30 heavy (non-hydrogen) atoms. The van der Waals surface area contributed by atoms with E-state index in [0.29, 0.717) is 29.5 Å². The fraction of sp³-hybridized carbons (Fsp3) is 0.273. The van der Waals surface area contributed by atoms with Crippen molar-refractivity contribution in [3.05, 3.63) is 54.9 Å². The number of aromatic amines is 1. The molecule has 2 aromatic carbocycles. The molecule has 2 heterocycles. The van der Waals surface area contributed by atoms with Gasteiger partial charge in [0.15, 0.2) is 11.5 Å². The number of H-pyrrole nitrogens is 1. The number of benzene rings is 2. The predicted molar refractivity (Wildman–Crippen MR) is 113 cm³/mol. The number of anilines is 1. The van der Waals surface area contributed by atoms with E-state index in [0.717, 1.165) is 17.7 Å². The van der Waals surface area contributed by atoms with Crippen LogP contribution in [0.1, 0.15) is 0 Å². The lowest BCUT2D eigenvalue weighted by molar-refractivity contribution is -0.125. The maximum absolute atomic E-state index is 12.8. The Morgan fingerprint density at radius 1 is 1.23 bits per heavy atom. The van der Waals surface area contributed by atoms with Gasteiger partial charge in [-0.05, 0) is 43.9 Å². The van der Waals surface area contributed by atoms with Crippen LogP contribution in [0.3, 0.4) is 0 Å². The number of rotatable bonds is 7. The molecule has 0 fully saturated rings. The lowest BCUT2D eigenvalue weighted by atomic mass is 10.1. The predicted octanol–water partition coefficient (Wildman–Crippen LogP) is 2.80. The van der Waals surface area contributed by atoms with E-state index in [1.165, 1.54) is 0 Å². The minimum absolute atomic E-state index is 0.146. The molecule has 1 aromatic heterocycles. The maximum atomic E-state index is 12.8. The summed E-state index contributed by atoms with van der Waals surface area (Å²) < 4.78 is 17.4. The van der Waals surface area contributed by atoms with Gasteiger partial charge in [-0.1, -0.05) is 18.2 Å². The first-order valence-electron chi connectivity index (χ1n) is 9.70. The molecule has 8 nitrogen and oxygen atoms in total. The number of carbonyl (C=O) groups excluding carboxylic acids is 1. The van der Waals surface area contributed by atoms with Gasteiger partial charge in [0.25, 0.3) is 5.91 Å². The molecule has 2 N–H and O–H groups in total. The lowest BCUT2D eigenvalue weighted by Crippen LogP contribution is -2.40. The van der Waals surface area contributed by atoms with Gasteiger partial charge in [0.2, 0.25) is 6.10 Å². The van der Waals surface area contributed by atoms with Crippen LogP contribution in [0.5, 0.6) is 17.2 Å². The minimum atomic E-state index is -0.747. The van der Waals surface area contributed by atoms with Gasteiger partial charge in [0, 0.05) is 18.3 Å². The van der Waals surface area contributed by atoms with E-state index < -0.39 is 6.10 Å². The minimum Gasteiger partial charge on any atom is -0.490 e. The second-order valence-electron chi connectivity index (χ2n) is 7.20. The van der Waals surface area contributed by atoms with Gasteiger partial charge in [-0.3, -0.25) is 9.89 Å². The van der Waals surface area contributed by atoms with E-state index in [-0.39, 0.29) is 12.5 Å². The zero-order valence-corrected chi connectivity index (χ0v) is 16.9. The molecule has 4 rings (SSSR count). The van der Waals surface area contributed by atoms with Crippen molar-refractivity contribution in [3.8, 4) is 28.4 Å². The highest BCUT2D eigenvalue weighted by molar-refractivity contribution is 5.96. The van der Waals surface area contributed by atoms with Gasteiger partial charge in [-0.25, -0.2) is 0 Å². The molecule has 0 saturated heterocycles. The molecule has 0 aliphatic carbocycles. The number of aromatic nitrogens is 2. The summed E-state index contributed by atoms with van der Waals surface area (Å²) >= 11 is 0. The summed E-state index contributed by atoms with van der Waals surface area (Å²) in [5.41, 5.74) is 2.45. The Bertz CT molecular complexity index is 1000. The SMILES string of the molecule is CN(C)CCOc1cc(-c2cn[nH]c2)ccc1NC(=O)[C@@H]1COc2ccccc2O1. The zero-order chi connectivity index (χ0) is 20.9. The molecule has 1 aliphatic rings. The molecule has 3 aromatic rings. The number of hydrogen-bond acceptors (Lipinski definition) is 6. The van der Waals surface area contributed by atoms with Crippen LogP contribution in [0.2, 0.25) is 0 Å². The van der Waals surface area contributed by atoms with Crippen LogP contribution in [0.25, 0.3) is 11.1 Å². The summed E-state index contributed by atoms with van der Waals surface area (Å²) in [7, 11) is 3.96. The Labute approximate surface area is 174 Å². The van der Waals surface area contributed by atoms with Crippen molar-refractivity contribution in [1.29, 1.82) is 0 Å². The average Bonchev–Trinajstić information content (AvgIpc) is 3.29. The number of carbonyl (C=O) groups is 1. The van der Waals surface area contributed by atoms with Gasteiger partial charge in [0.05, 0.1) is 11.9 Å². The normalized spacial score (nSPS) is 15.1. The molecule has 156 valence electrons. The average molecular weight is 408 g/mol. The Morgan fingerprint density at radius 2 is 2.07 bits per heavy atom. The van der Waals surface area contributed by atoms with E-state index in [2.05, 4.69) is 15.5 Å². The second kappa shape index (κ2) is 8.87. The third-order valence-electron chi connectivity index (χ3n) is 4.67. The summed E-state index contributed by atoms with van der Waals surface area (Å²) in [4.78, 5) is 14.9. The van der Waals surface area contributed by atoms with Gasteiger partial charge in [0.1, 0.15) is 19.0 Å². The maximum Gasteiger partial charge on any atom is 0.269 e. The molecule has 1 atom stereocenters. The summed E-state index contributed by atoms with van der Waals surface area (Å²) in [5.74, 6) is 1.49. The van der Waals surface area contributed by atoms with E-state index in [9.17, 15) is 4.79 Å². The molecular formula is C22H24N4O4. The topological polar surface area (TPSA) is 88.7 Å². The third kappa shape index (κ3) is 4.55. The first kappa shape index (κ1) is 19.8. The van der Waals surface area contributed by atoms with Crippen LogP contribution in [0.15, 0.2) is 54.9 Å². The quantitative estimate of drug-likeness (QED) is 0.625. The molecule has 0 bridgehead atoms. The number of nitrogens with zero attached hydrogens (tertiary/aromatic N) is 2. The van der Waals surface area contributed by atoms with Gasteiger partial charge in [-0.2, -0.15) is 5.10 Å². The highest BCUT2D eigenvalue weighted by atomic mass is 16.6. The molecule has 0 spiro atoms. The van der Waals surface area contributed by atoms with Crippen LogP contribution in [-0.2, 0) is 4.79 Å². The Balaban J connectivity index is 1.51. The van der Waals surface area contributed by atoms with Crippen molar-refractivity contribution in [3.63, 3.8) is 0 Å². The summed E-state index contributed by atoms with van der Waals surface area (Å²) in [6, 6.07) is 12.9. The van der Waals surface area contributed by atoms with Gasteiger partial charge in [-0.15, -0.1) is 0 Å². The number of nitrogens with one attached hydrogen (secondary N) is 2. The Hall–Kier alpha value is -3.52. The fourth-order valence-corrected chi connectivity index (χ4v) is 3.03. The smallest absolute Gasteiger partial charge is 0.269 e. The summed E-state index contributed by atoms with van der Waals surface area (Å²) in [6.07, 6.45) is 2.80. The lowest BCUT2D eigenvalue weighted by Gasteiger charge is -2.26. The van der Waals surface area contributed by atoms with Crippen molar-refractivity contribution in [2.45, 2.75) is 6.10 Å². The molecule has 1 amide bonds. The second-order valence-corrected chi connectivity index (χ2v) is 7.20. The number of ether oxygens (including phenoxy) is 3. The Kier molecular flexibility index (Phi) is 5.85. The van der Waals surface area contributed by atoms with Crippen molar-refractivity contribution in [1.82, 2.24) is 15.1 Å². The summed E-state index contributed by atoms with van der Waals surface area (Å²) in [5, 5.41) is 9.71. The first-order chi connectivity index (χ1) is 14.6. The van der Waals surface area contributed by atoms with Gasteiger partial charge >= 0.3 is 0 Å². The monoisotopic (exact) mass is 408 g/mol. The van der Waals surface area contributed by atoms with Crippen LogP contribution < -0.4 is 19.5 Å². The zero-order valence-electron chi connectivity index (χ0n) is 16.9. The van der Waals surface area contributed by atoms with Crippen LogP contribution in [0.4, 0.5) is 5.69 Å². The third-order valence-corrected chi connectivity index (χ3v) is 4.67. The first-order valence-corrected chi connectivity index (χ1v) is 9.70. The van der Waals surface area contributed by atoms with Crippen molar-refractivity contribution >= 4 is 11.6 Å². The molecule has 0 radical (unpaired) electrons. The number of para-hydroxylation sites is 2. The number of hydrogen-bond donors (Lipinski definition) is 2. The van der Waals surface area contributed by atoms with Crippen molar-refractivity contribution in [2.24, 2.45) is 0 Å². The standard InChI is InChI=1S/C22H24N4O4/c1-26(2)9-10-28-20-11-15(16-12-23-24-13-16)7-8-17(20)25-22(27)21-14-29-18-5-3-4-6-19(18)30-21/h3-8,11-13,21H,9-10,14H2,1-2H3,(H,23,24)(H,25,27)/t21-/m0/s1. The molecule has 1 aliphatic heterocycles. The number of likely N-dealkylation sites (N-methyl/N-ethyl adjacent to an activating group) is 1. The van der Waals surface area contributed by atoms with Gasteiger partial charge < -0.3 is 24.4 Å². The van der Waals surface area contributed by atoms with Crippen LogP contribution in [0, 0.1) is 0 Å². The van der Waals surface area contributed by atoms with Crippen molar-refractivity contribution < 1.29 is 19.0 Å². The summed E-state index contributed by atoms with van der Waals surface area (Å²) in [6.45, 7) is 1.38. The van der Waals surface area contributed by atoms with E-state index in [4.69, 9.17) is 14.2 Å². The molecular weight excluding hydrogens is 384 g/mol. The molecule has 8 heteroatoms. The molecule has 0 saturated carbocycles.